The third-order valence-corrected chi connectivity index (χ3v) is 3.67. The lowest BCUT2D eigenvalue weighted by molar-refractivity contribution is 0.176. The molecule has 0 amide bonds. The Balaban J connectivity index is 2.16. The van der Waals surface area contributed by atoms with Gasteiger partial charge in [0.2, 0.25) is 0 Å². The Hall–Kier alpha value is -0.650. The highest BCUT2D eigenvalue weighted by Crippen LogP contribution is 2.28. The second kappa shape index (κ2) is 5.33. The Kier molecular flexibility index (Phi) is 4.01. The molecule has 1 aromatic carbocycles. The molecule has 0 saturated heterocycles. The van der Waals surface area contributed by atoms with Crippen LogP contribution in [0.25, 0.3) is 0 Å². The van der Waals surface area contributed by atoms with Crippen molar-refractivity contribution in [3.8, 4) is 0 Å². The van der Waals surface area contributed by atoms with Gasteiger partial charge in [-0.15, -0.1) is 0 Å². The zero-order chi connectivity index (χ0) is 12.4. The molecule has 0 saturated carbocycles. The number of rotatable bonds is 3. The zero-order valence-electron chi connectivity index (χ0n) is 8.66. The minimum absolute atomic E-state index is 0.312. The molecule has 2 rings (SSSR count). The molecule has 90 valence electrons. The van der Waals surface area contributed by atoms with Crippen molar-refractivity contribution in [1.82, 2.24) is 0 Å². The minimum atomic E-state index is -0.680. The van der Waals surface area contributed by atoms with Crippen LogP contribution in [0.4, 0.5) is 4.39 Å². The Labute approximate surface area is 115 Å². The molecule has 2 aromatic rings. The summed E-state index contributed by atoms with van der Waals surface area (Å²) < 4.78 is 19.0. The highest BCUT2D eigenvalue weighted by atomic mass is 79.9. The van der Waals surface area contributed by atoms with Gasteiger partial charge in [-0.2, -0.15) is 0 Å². The van der Waals surface area contributed by atoms with Crippen molar-refractivity contribution in [2.45, 2.75) is 12.5 Å². The number of aliphatic hydroxyl groups is 1. The number of benzene rings is 1. The minimum Gasteiger partial charge on any atom is -0.457 e. The molecule has 0 aliphatic carbocycles. The summed E-state index contributed by atoms with van der Waals surface area (Å²) in [6, 6.07) is 6.38. The molecule has 0 aliphatic rings. The average Bonchev–Trinajstić information content (AvgIpc) is 2.70. The van der Waals surface area contributed by atoms with E-state index in [1.54, 1.807) is 18.2 Å². The number of hydrogen-bond acceptors (Lipinski definition) is 2. The molecule has 0 radical (unpaired) electrons. The molecule has 1 unspecified atom stereocenters. The number of hydrogen-bond donors (Lipinski definition) is 1. The molecule has 2 nitrogen and oxygen atoms in total. The van der Waals surface area contributed by atoms with Gasteiger partial charge in [0.15, 0.2) is 4.67 Å². The Morgan fingerprint density at radius 2 is 2.06 bits per heavy atom. The number of halogens is 3. The van der Waals surface area contributed by atoms with E-state index in [1.807, 2.05) is 0 Å². The first-order valence-corrected chi connectivity index (χ1v) is 6.51. The van der Waals surface area contributed by atoms with Crippen LogP contribution in [0.15, 0.2) is 44.1 Å². The SMILES string of the molecule is OC(Cc1ccc(F)c(Br)c1)c1ccoc1Br. The van der Waals surface area contributed by atoms with Crippen molar-refractivity contribution < 1.29 is 13.9 Å². The Morgan fingerprint density at radius 3 is 2.65 bits per heavy atom. The summed E-state index contributed by atoms with van der Waals surface area (Å²) in [6.07, 6.45) is 1.22. The molecular weight excluding hydrogens is 355 g/mol. The molecule has 1 N–H and O–H groups in total. The van der Waals surface area contributed by atoms with Gasteiger partial charge >= 0.3 is 0 Å². The third-order valence-electron chi connectivity index (χ3n) is 2.42. The fourth-order valence-corrected chi connectivity index (χ4v) is 2.47. The average molecular weight is 364 g/mol. The second-order valence-corrected chi connectivity index (χ2v) is 5.19. The van der Waals surface area contributed by atoms with Crippen LogP contribution in [0.3, 0.4) is 0 Å². The number of aliphatic hydroxyl groups excluding tert-OH is 1. The molecule has 0 bridgehead atoms. The Bertz CT molecular complexity index is 525. The fourth-order valence-electron chi connectivity index (χ4n) is 1.54. The summed E-state index contributed by atoms with van der Waals surface area (Å²) in [5.74, 6) is -0.312. The van der Waals surface area contributed by atoms with Gasteiger partial charge < -0.3 is 9.52 Å². The fraction of sp³-hybridized carbons (Fsp3) is 0.167. The van der Waals surface area contributed by atoms with Crippen LogP contribution in [-0.2, 0) is 6.42 Å². The van der Waals surface area contributed by atoms with Crippen molar-refractivity contribution in [3.05, 3.63) is 56.6 Å². The van der Waals surface area contributed by atoms with E-state index < -0.39 is 6.10 Å². The molecule has 1 heterocycles. The predicted molar refractivity (Wildman–Crippen MR) is 69.2 cm³/mol. The standard InChI is InChI=1S/C12H9Br2FO2/c13-9-5-7(1-2-10(9)15)6-11(16)8-3-4-17-12(8)14/h1-5,11,16H,6H2. The molecule has 17 heavy (non-hydrogen) atoms. The van der Waals surface area contributed by atoms with Crippen molar-refractivity contribution >= 4 is 31.9 Å². The highest BCUT2D eigenvalue weighted by Gasteiger charge is 2.14. The predicted octanol–water partition coefficient (Wildman–Crippen LogP) is 4.22. The normalized spacial score (nSPS) is 12.7. The third kappa shape index (κ3) is 2.97. The molecule has 1 aromatic heterocycles. The van der Waals surface area contributed by atoms with E-state index in [-0.39, 0.29) is 5.82 Å². The molecule has 0 fully saturated rings. The van der Waals surface area contributed by atoms with Gasteiger partial charge in [0.1, 0.15) is 5.82 Å². The van der Waals surface area contributed by atoms with Crippen molar-refractivity contribution in [1.29, 1.82) is 0 Å². The van der Waals surface area contributed by atoms with Crippen LogP contribution in [0, 0.1) is 5.82 Å². The summed E-state index contributed by atoms with van der Waals surface area (Å²) >= 11 is 6.33. The number of furan rings is 1. The maximum absolute atomic E-state index is 13.0. The largest absolute Gasteiger partial charge is 0.457 e. The Morgan fingerprint density at radius 1 is 1.29 bits per heavy atom. The second-order valence-electron chi connectivity index (χ2n) is 3.62. The van der Waals surface area contributed by atoms with Crippen LogP contribution in [0.5, 0.6) is 0 Å². The lowest BCUT2D eigenvalue weighted by atomic mass is 10.0. The first-order valence-electron chi connectivity index (χ1n) is 4.93. The van der Waals surface area contributed by atoms with E-state index in [4.69, 9.17) is 4.42 Å². The topological polar surface area (TPSA) is 33.4 Å². The van der Waals surface area contributed by atoms with Gasteiger partial charge in [0, 0.05) is 12.0 Å². The van der Waals surface area contributed by atoms with Crippen molar-refractivity contribution in [2.24, 2.45) is 0 Å². The van der Waals surface area contributed by atoms with Crippen LogP contribution in [0.1, 0.15) is 17.2 Å². The van der Waals surface area contributed by atoms with Crippen LogP contribution in [-0.4, -0.2) is 5.11 Å². The molecule has 0 spiro atoms. The van der Waals surface area contributed by atoms with Gasteiger partial charge in [0.25, 0.3) is 0 Å². The van der Waals surface area contributed by atoms with Gasteiger partial charge in [0.05, 0.1) is 16.8 Å². The van der Waals surface area contributed by atoms with E-state index >= 15 is 0 Å². The quantitative estimate of drug-likeness (QED) is 0.885. The van der Waals surface area contributed by atoms with Crippen LogP contribution < -0.4 is 0 Å². The molecular formula is C12H9Br2FO2. The molecule has 5 heteroatoms. The van der Waals surface area contributed by atoms with E-state index in [9.17, 15) is 9.50 Å². The molecule has 1 atom stereocenters. The summed E-state index contributed by atoms with van der Waals surface area (Å²) in [7, 11) is 0. The van der Waals surface area contributed by atoms with E-state index in [0.717, 1.165) is 5.56 Å². The smallest absolute Gasteiger partial charge is 0.174 e. The van der Waals surface area contributed by atoms with E-state index in [1.165, 1.54) is 12.3 Å². The highest BCUT2D eigenvalue weighted by molar-refractivity contribution is 9.10. The molecule has 0 aliphatic heterocycles. The van der Waals surface area contributed by atoms with Crippen molar-refractivity contribution in [3.63, 3.8) is 0 Å². The maximum Gasteiger partial charge on any atom is 0.174 e. The first-order chi connectivity index (χ1) is 8.08. The zero-order valence-corrected chi connectivity index (χ0v) is 11.8. The summed E-state index contributed by atoms with van der Waals surface area (Å²) in [5.41, 5.74) is 1.53. The lowest BCUT2D eigenvalue weighted by Crippen LogP contribution is -2.01. The van der Waals surface area contributed by atoms with E-state index in [0.29, 0.717) is 21.1 Å². The summed E-state index contributed by atoms with van der Waals surface area (Å²) in [5, 5.41) is 10.0. The van der Waals surface area contributed by atoms with Crippen LogP contribution in [0.2, 0.25) is 0 Å². The van der Waals surface area contributed by atoms with Crippen molar-refractivity contribution in [2.75, 3.05) is 0 Å². The lowest BCUT2D eigenvalue weighted by Gasteiger charge is -2.09. The summed E-state index contributed by atoms with van der Waals surface area (Å²) in [6.45, 7) is 0. The van der Waals surface area contributed by atoms with E-state index in [2.05, 4.69) is 31.9 Å². The summed E-state index contributed by atoms with van der Waals surface area (Å²) in [4.78, 5) is 0. The maximum atomic E-state index is 13.0. The van der Waals surface area contributed by atoms with Gasteiger partial charge in [-0.05, 0) is 55.6 Å². The van der Waals surface area contributed by atoms with Gasteiger partial charge in [-0.3, -0.25) is 0 Å². The monoisotopic (exact) mass is 362 g/mol. The van der Waals surface area contributed by atoms with Gasteiger partial charge in [-0.25, -0.2) is 4.39 Å². The van der Waals surface area contributed by atoms with Gasteiger partial charge in [-0.1, -0.05) is 6.07 Å². The van der Waals surface area contributed by atoms with Crippen LogP contribution >= 0.6 is 31.9 Å². The first kappa shape index (κ1) is 12.8.